The van der Waals surface area contributed by atoms with Gasteiger partial charge in [0.05, 0.1) is 12.1 Å². The minimum Gasteiger partial charge on any atom is -0.391 e. The van der Waals surface area contributed by atoms with Gasteiger partial charge in [0.2, 0.25) is 5.91 Å². The molecule has 1 aliphatic rings. The van der Waals surface area contributed by atoms with Gasteiger partial charge in [-0.25, -0.2) is 0 Å². The smallest absolute Gasteiger partial charge is 0.240 e. The second-order valence-corrected chi connectivity index (χ2v) is 7.28. The summed E-state index contributed by atoms with van der Waals surface area (Å²) in [4.78, 5) is 12.2. The Hall–Kier alpha value is -1.39. The van der Waals surface area contributed by atoms with Crippen molar-refractivity contribution in [2.45, 2.75) is 83.4 Å². The van der Waals surface area contributed by atoms with Crippen molar-refractivity contribution in [3.63, 3.8) is 0 Å². The van der Waals surface area contributed by atoms with E-state index in [1.54, 1.807) is 0 Å². The zero-order valence-electron chi connectivity index (χ0n) is 15.8. The van der Waals surface area contributed by atoms with Gasteiger partial charge in [0, 0.05) is 0 Å². The lowest BCUT2D eigenvalue weighted by molar-refractivity contribution is -0.125. The van der Waals surface area contributed by atoms with Gasteiger partial charge in [-0.3, -0.25) is 4.79 Å². The lowest BCUT2D eigenvalue weighted by Gasteiger charge is -2.19. The van der Waals surface area contributed by atoms with Gasteiger partial charge in [-0.2, -0.15) is 0 Å². The third-order valence-corrected chi connectivity index (χ3v) is 5.13. The van der Waals surface area contributed by atoms with Gasteiger partial charge in [-0.05, 0) is 43.9 Å². The number of hydrogen-bond donors (Lipinski definition) is 3. The monoisotopic (exact) mass is 346 g/mol. The normalized spacial score (nSPS) is 21.2. The van der Waals surface area contributed by atoms with Crippen molar-refractivity contribution < 1.29 is 9.90 Å². The molecule has 0 aromatic heterocycles. The minimum absolute atomic E-state index is 0.0507. The van der Waals surface area contributed by atoms with Crippen molar-refractivity contribution in [3.8, 4) is 0 Å². The summed E-state index contributed by atoms with van der Waals surface area (Å²) in [5.74, 6) is -0.117. The Labute approximate surface area is 152 Å². The molecule has 1 heterocycles. The number of carbonyl (C=O) groups is 1. The van der Waals surface area contributed by atoms with Gasteiger partial charge in [0.25, 0.3) is 0 Å². The molecule has 0 bridgehead atoms. The molecule has 25 heavy (non-hydrogen) atoms. The summed E-state index contributed by atoms with van der Waals surface area (Å²) < 4.78 is 0. The Bertz CT molecular complexity index is 515. The number of nitrogens with one attached hydrogen (secondary N) is 2. The van der Waals surface area contributed by atoms with Crippen molar-refractivity contribution in [1.29, 1.82) is 0 Å². The highest BCUT2D eigenvalue weighted by Crippen LogP contribution is 2.17. The number of unbranched alkanes of at least 4 members (excludes halogenated alkanes) is 5. The van der Waals surface area contributed by atoms with Crippen LogP contribution in [0.4, 0.5) is 0 Å². The lowest BCUT2D eigenvalue weighted by Crippen LogP contribution is -2.46. The maximum Gasteiger partial charge on any atom is 0.240 e. The van der Waals surface area contributed by atoms with Crippen LogP contribution in [0.3, 0.4) is 0 Å². The number of benzene rings is 1. The lowest BCUT2D eigenvalue weighted by atomic mass is 10.0. The Morgan fingerprint density at radius 1 is 1.20 bits per heavy atom. The molecule has 0 unspecified atom stereocenters. The SMILES string of the molecule is CCCCCCCCc1ccc([C@H](C)NC(=O)[C@H]2NCC[C@@H]2O)cc1. The van der Waals surface area contributed by atoms with Crippen molar-refractivity contribution in [2.75, 3.05) is 6.54 Å². The molecule has 140 valence electrons. The molecule has 0 saturated carbocycles. The number of aryl methyl sites for hydroxylation is 1. The van der Waals surface area contributed by atoms with Crippen LogP contribution < -0.4 is 10.6 Å². The Balaban J connectivity index is 1.74. The van der Waals surface area contributed by atoms with Crippen LogP contribution in [-0.2, 0) is 11.2 Å². The number of rotatable bonds is 10. The van der Waals surface area contributed by atoms with Crippen LogP contribution >= 0.6 is 0 Å². The quantitative estimate of drug-likeness (QED) is 0.568. The first-order valence-electron chi connectivity index (χ1n) is 9.92. The number of amides is 1. The first kappa shape index (κ1) is 19.9. The van der Waals surface area contributed by atoms with Crippen molar-refractivity contribution in [1.82, 2.24) is 10.6 Å². The van der Waals surface area contributed by atoms with E-state index < -0.39 is 12.1 Å². The molecule has 3 atom stereocenters. The molecular weight excluding hydrogens is 312 g/mol. The third-order valence-electron chi connectivity index (χ3n) is 5.13. The van der Waals surface area contributed by atoms with Gasteiger partial charge in [0.1, 0.15) is 6.04 Å². The van der Waals surface area contributed by atoms with Gasteiger partial charge >= 0.3 is 0 Å². The Morgan fingerprint density at radius 2 is 1.88 bits per heavy atom. The molecule has 2 rings (SSSR count). The first-order chi connectivity index (χ1) is 12.1. The Kier molecular flexibility index (Phi) is 8.42. The van der Waals surface area contributed by atoms with Gasteiger partial charge in [-0.15, -0.1) is 0 Å². The van der Waals surface area contributed by atoms with Crippen LogP contribution in [0.2, 0.25) is 0 Å². The van der Waals surface area contributed by atoms with E-state index in [1.807, 2.05) is 6.92 Å². The van der Waals surface area contributed by atoms with Crippen LogP contribution in [0.1, 0.15) is 76.0 Å². The third kappa shape index (κ3) is 6.44. The standard InChI is InChI=1S/C21H34N2O2/c1-3-4-5-6-7-8-9-17-10-12-18(13-11-17)16(2)23-21(25)20-19(24)14-15-22-20/h10-13,16,19-20,22,24H,3-9,14-15H2,1-2H3,(H,23,25)/t16-,19-,20-/m0/s1. The zero-order valence-corrected chi connectivity index (χ0v) is 15.8. The molecule has 1 fully saturated rings. The zero-order chi connectivity index (χ0) is 18.1. The highest BCUT2D eigenvalue weighted by molar-refractivity contribution is 5.83. The van der Waals surface area contributed by atoms with E-state index in [-0.39, 0.29) is 11.9 Å². The number of hydrogen-bond acceptors (Lipinski definition) is 3. The molecule has 0 aliphatic carbocycles. The molecule has 0 spiro atoms. The molecule has 4 heteroatoms. The van der Waals surface area contributed by atoms with Crippen molar-refractivity contribution in [2.24, 2.45) is 0 Å². The first-order valence-corrected chi connectivity index (χ1v) is 9.92. The van der Waals surface area contributed by atoms with E-state index >= 15 is 0 Å². The molecule has 0 radical (unpaired) electrons. The second kappa shape index (κ2) is 10.6. The molecule has 1 saturated heterocycles. The molecule has 1 amide bonds. The highest BCUT2D eigenvalue weighted by Gasteiger charge is 2.31. The minimum atomic E-state index is -0.577. The Morgan fingerprint density at radius 3 is 2.52 bits per heavy atom. The highest BCUT2D eigenvalue weighted by atomic mass is 16.3. The molecule has 4 nitrogen and oxygen atoms in total. The molecule has 1 aromatic rings. The summed E-state index contributed by atoms with van der Waals surface area (Å²) in [6.07, 6.45) is 9.10. The van der Waals surface area contributed by atoms with Gasteiger partial charge in [-0.1, -0.05) is 63.3 Å². The number of aliphatic hydroxyl groups is 1. The molecule has 1 aromatic carbocycles. The average Bonchev–Trinajstić information content (AvgIpc) is 3.04. The van der Waals surface area contributed by atoms with E-state index in [1.165, 1.54) is 44.1 Å². The van der Waals surface area contributed by atoms with Crippen LogP contribution in [0, 0.1) is 0 Å². The predicted molar refractivity (Wildman–Crippen MR) is 102 cm³/mol. The average molecular weight is 347 g/mol. The van der Waals surface area contributed by atoms with E-state index in [0.29, 0.717) is 13.0 Å². The maximum atomic E-state index is 12.2. The summed E-state index contributed by atoms with van der Waals surface area (Å²) in [6, 6.07) is 8.03. The van der Waals surface area contributed by atoms with E-state index in [9.17, 15) is 9.90 Å². The fraction of sp³-hybridized carbons (Fsp3) is 0.667. The number of carbonyl (C=O) groups excluding carboxylic acids is 1. The van der Waals surface area contributed by atoms with E-state index in [4.69, 9.17) is 0 Å². The predicted octanol–water partition coefficient (Wildman–Crippen LogP) is 3.49. The maximum absolute atomic E-state index is 12.2. The fourth-order valence-electron chi connectivity index (χ4n) is 3.43. The van der Waals surface area contributed by atoms with Crippen LogP contribution in [0.25, 0.3) is 0 Å². The van der Waals surface area contributed by atoms with Crippen LogP contribution in [-0.4, -0.2) is 29.7 Å². The van der Waals surface area contributed by atoms with E-state index in [2.05, 4.69) is 41.8 Å². The summed E-state index contributed by atoms with van der Waals surface area (Å²) in [6.45, 7) is 4.93. The topological polar surface area (TPSA) is 61.4 Å². The summed E-state index contributed by atoms with van der Waals surface area (Å²) in [7, 11) is 0. The van der Waals surface area contributed by atoms with Crippen molar-refractivity contribution >= 4 is 5.91 Å². The molecular formula is C21H34N2O2. The summed E-state index contributed by atoms with van der Waals surface area (Å²) in [5, 5.41) is 15.9. The van der Waals surface area contributed by atoms with Crippen LogP contribution in [0.5, 0.6) is 0 Å². The molecule has 1 aliphatic heterocycles. The number of aliphatic hydroxyl groups excluding tert-OH is 1. The van der Waals surface area contributed by atoms with Gasteiger partial charge < -0.3 is 15.7 Å². The second-order valence-electron chi connectivity index (χ2n) is 7.28. The van der Waals surface area contributed by atoms with E-state index in [0.717, 1.165) is 12.0 Å². The largest absolute Gasteiger partial charge is 0.391 e. The van der Waals surface area contributed by atoms with Crippen LogP contribution in [0.15, 0.2) is 24.3 Å². The fourth-order valence-corrected chi connectivity index (χ4v) is 3.43. The summed E-state index contributed by atoms with van der Waals surface area (Å²) >= 11 is 0. The van der Waals surface area contributed by atoms with Crippen molar-refractivity contribution in [3.05, 3.63) is 35.4 Å². The molecule has 3 N–H and O–H groups in total. The van der Waals surface area contributed by atoms with Gasteiger partial charge in [0.15, 0.2) is 0 Å². The summed E-state index contributed by atoms with van der Waals surface area (Å²) in [5.41, 5.74) is 2.47.